The second kappa shape index (κ2) is 29.0. The summed E-state index contributed by atoms with van der Waals surface area (Å²) < 4.78 is 11.6. The van der Waals surface area contributed by atoms with Crippen molar-refractivity contribution in [2.75, 3.05) is 13.2 Å². The van der Waals surface area contributed by atoms with Gasteiger partial charge in [-0.1, -0.05) is 180 Å². The van der Waals surface area contributed by atoms with Gasteiger partial charge < -0.3 is 9.47 Å². The molecule has 0 unspecified atom stereocenters. The number of para-hydroxylation sites is 1. The van der Waals surface area contributed by atoms with Gasteiger partial charge in [-0.2, -0.15) is 0 Å². The van der Waals surface area contributed by atoms with Gasteiger partial charge in [-0.25, -0.2) is 4.79 Å². The maximum atomic E-state index is 12.6. The Morgan fingerprint density at radius 1 is 0.475 bits per heavy atom. The number of hydrogen-bond acceptors (Lipinski definition) is 3. The molecule has 0 aliphatic heterocycles. The summed E-state index contributed by atoms with van der Waals surface area (Å²) in [5, 5.41) is 0. The molecule has 0 aromatic heterocycles. The summed E-state index contributed by atoms with van der Waals surface area (Å²) in [5.41, 5.74) is 0.562. The van der Waals surface area contributed by atoms with Crippen molar-refractivity contribution in [3.63, 3.8) is 0 Å². The van der Waals surface area contributed by atoms with Crippen LogP contribution in [0, 0.1) is 0 Å². The third kappa shape index (κ3) is 22.2. The Labute approximate surface area is 249 Å². The van der Waals surface area contributed by atoms with E-state index in [2.05, 4.69) is 13.8 Å². The van der Waals surface area contributed by atoms with E-state index < -0.39 is 0 Å². The van der Waals surface area contributed by atoms with E-state index in [1.807, 2.05) is 24.3 Å². The van der Waals surface area contributed by atoms with Gasteiger partial charge in [0.05, 0.1) is 13.2 Å². The van der Waals surface area contributed by atoms with E-state index in [0.29, 0.717) is 24.5 Å². The number of carbonyl (C=O) groups is 1. The molecule has 40 heavy (non-hydrogen) atoms. The van der Waals surface area contributed by atoms with Crippen LogP contribution in [-0.4, -0.2) is 19.2 Å². The standard InChI is InChI=1S/C37H66O3/c1-3-5-7-9-11-13-15-17-19-21-23-25-29-33-39-36-32-28-27-31-35(36)37(38)40-34-30-26-24-22-20-18-16-14-12-10-8-6-4-2/h27-28,31-32H,3-26,29-30,33-34H2,1-2H3. The highest BCUT2D eigenvalue weighted by atomic mass is 16.5. The van der Waals surface area contributed by atoms with Crippen LogP contribution >= 0.6 is 0 Å². The predicted octanol–water partition coefficient (Wildman–Crippen LogP) is 12.4. The van der Waals surface area contributed by atoms with Crippen molar-refractivity contribution < 1.29 is 14.3 Å². The first-order chi connectivity index (χ1) is 19.8. The zero-order valence-corrected chi connectivity index (χ0v) is 26.8. The van der Waals surface area contributed by atoms with Gasteiger partial charge in [-0.3, -0.25) is 0 Å². The molecule has 0 aliphatic rings. The molecule has 0 saturated carbocycles. The summed E-state index contributed by atoms with van der Waals surface area (Å²) in [6.45, 7) is 5.73. The maximum absolute atomic E-state index is 12.6. The van der Waals surface area contributed by atoms with E-state index in [1.165, 1.54) is 148 Å². The van der Waals surface area contributed by atoms with Gasteiger partial charge in [0, 0.05) is 0 Å². The molecule has 0 radical (unpaired) electrons. The van der Waals surface area contributed by atoms with E-state index in [9.17, 15) is 4.79 Å². The molecule has 232 valence electrons. The monoisotopic (exact) mass is 559 g/mol. The van der Waals surface area contributed by atoms with Crippen LogP contribution in [0.1, 0.15) is 191 Å². The van der Waals surface area contributed by atoms with Gasteiger partial charge in [-0.15, -0.1) is 0 Å². The lowest BCUT2D eigenvalue weighted by molar-refractivity contribution is 0.0493. The number of carbonyl (C=O) groups excluding carboxylic acids is 1. The van der Waals surface area contributed by atoms with Crippen molar-refractivity contribution in [3.8, 4) is 5.75 Å². The van der Waals surface area contributed by atoms with Crippen LogP contribution in [0.25, 0.3) is 0 Å². The third-order valence-electron chi connectivity index (χ3n) is 8.09. The fraction of sp³-hybridized carbons (Fsp3) is 0.811. The summed E-state index contributed by atoms with van der Waals surface area (Å²) in [7, 11) is 0. The fourth-order valence-electron chi connectivity index (χ4n) is 5.43. The molecule has 0 bridgehead atoms. The lowest BCUT2D eigenvalue weighted by Gasteiger charge is -2.11. The minimum Gasteiger partial charge on any atom is -0.493 e. The van der Waals surface area contributed by atoms with Gasteiger partial charge in [0.25, 0.3) is 0 Å². The molecule has 0 N–H and O–H groups in total. The molecular formula is C37H66O3. The average Bonchev–Trinajstić information content (AvgIpc) is 2.97. The van der Waals surface area contributed by atoms with E-state index >= 15 is 0 Å². The Balaban J connectivity index is 1.99. The van der Waals surface area contributed by atoms with Gasteiger partial charge in [0.15, 0.2) is 0 Å². The summed E-state index contributed by atoms with van der Waals surface area (Å²) >= 11 is 0. The summed E-state index contributed by atoms with van der Waals surface area (Å²) in [4.78, 5) is 12.6. The van der Waals surface area contributed by atoms with Crippen molar-refractivity contribution >= 4 is 5.97 Å². The topological polar surface area (TPSA) is 35.5 Å². The van der Waals surface area contributed by atoms with Crippen LogP contribution < -0.4 is 4.74 Å². The van der Waals surface area contributed by atoms with Crippen LogP contribution in [0.2, 0.25) is 0 Å². The number of benzene rings is 1. The molecule has 0 fully saturated rings. The van der Waals surface area contributed by atoms with Crippen molar-refractivity contribution in [1.82, 2.24) is 0 Å². The highest BCUT2D eigenvalue weighted by Gasteiger charge is 2.13. The largest absolute Gasteiger partial charge is 0.493 e. The molecule has 3 heteroatoms. The molecular weight excluding hydrogens is 492 g/mol. The predicted molar refractivity (Wildman–Crippen MR) is 174 cm³/mol. The number of ether oxygens (including phenoxy) is 2. The Hall–Kier alpha value is -1.51. The first-order valence-electron chi connectivity index (χ1n) is 17.7. The summed E-state index contributed by atoms with van der Waals surface area (Å²) in [5.74, 6) is 0.414. The van der Waals surface area contributed by atoms with E-state index in [-0.39, 0.29) is 5.97 Å². The Morgan fingerprint density at radius 3 is 1.25 bits per heavy atom. The fourth-order valence-corrected chi connectivity index (χ4v) is 5.43. The van der Waals surface area contributed by atoms with Crippen LogP contribution in [0.5, 0.6) is 5.75 Å². The summed E-state index contributed by atoms with van der Waals surface area (Å²) in [6.07, 6.45) is 34.6. The minimum absolute atomic E-state index is 0.250. The second-order valence-electron chi connectivity index (χ2n) is 12.0. The van der Waals surface area contributed by atoms with Crippen LogP contribution in [-0.2, 0) is 4.74 Å². The van der Waals surface area contributed by atoms with Crippen LogP contribution in [0.4, 0.5) is 0 Å². The molecule has 0 spiro atoms. The molecule has 1 aromatic rings. The normalized spacial score (nSPS) is 11.2. The highest BCUT2D eigenvalue weighted by molar-refractivity contribution is 5.92. The molecule has 0 heterocycles. The molecule has 1 aromatic carbocycles. The van der Waals surface area contributed by atoms with E-state index in [1.54, 1.807) is 0 Å². The zero-order valence-electron chi connectivity index (χ0n) is 26.8. The lowest BCUT2D eigenvalue weighted by Crippen LogP contribution is -2.09. The van der Waals surface area contributed by atoms with E-state index in [0.717, 1.165) is 19.3 Å². The van der Waals surface area contributed by atoms with Gasteiger partial charge >= 0.3 is 5.97 Å². The van der Waals surface area contributed by atoms with Crippen molar-refractivity contribution in [1.29, 1.82) is 0 Å². The quantitative estimate of drug-likeness (QED) is 0.0695. The Kier molecular flexibility index (Phi) is 26.5. The van der Waals surface area contributed by atoms with Crippen molar-refractivity contribution in [3.05, 3.63) is 29.8 Å². The Morgan fingerprint density at radius 2 is 0.825 bits per heavy atom. The lowest BCUT2D eigenvalue weighted by atomic mass is 10.0. The van der Waals surface area contributed by atoms with Gasteiger partial charge in [-0.05, 0) is 25.0 Å². The SMILES string of the molecule is CCCCCCCCCCCCCCCOC(=O)c1ccccc1OCCCCCCCCCCCCCCC. The molecule has 1 rings (SSSR count). The molecule has 0 amide bonds. The number of rotatable bonds is 30. The molecule has 3 nitrogen and oxygen atoms in total. The average molecular weight is 559 g/mol. The zero-order chi connectivity index (χ0) is 28.8. The summed E-state index contributed by atoms with van der Waals surface area (Å²) in [6, 6.07) is 7.54. The highest BCUT2D eigenvalue weighted by Crippen LogP contribution is 2.20. The second-order valence-corrected chi connectivity index (χ2v) is 12.0. The van der Waals surface area contributed by atoms with Gasteiger partial charge in [0.2, 0.25) is 0 Å². The van der Waals surface area contributed by atoms with Gasteiger partial charge in [0.1, 0.15) is 11.3 Å². The Bertz CT molecular complexity index is 671. The first kappa shape index (κ1) is 36.5. The maximum Gasteiger partial charge on any atom is 0.341 e. The number of hydrogen-bond donors (Lipinski definition) is 0. The van der Waals surface area contributed by atoms with E-state index in [4.69, 9.17) is 9.47 Å². The smallest absolute Gasteiger partial charge is 0.341 e. The first-order valence-corrected chi connectivity index (χ1v) is 17.7. The van der Waals surface area contributed by atoms with Crippen molar-refractivity contribution in [2.24, 2.45) is 0 Å². The molecule has 0 saturated heterocycles. The number of esters is 1. The third-order valence-corrected chi connectivity index (χ3v) is 8.09. The van der Waals surface area contributed by atoms with Crippen LogP contribution in [0.15, 0.2) is 24.3 Å². The molecule has 0 aliphatic carbocycles. The molecule has 0 atom stereocenters. The number of unbranched alkanes of at least 4 members (excludes halogenated alkanes) is 24. The van der Waals surface area contributed by atoms with Crippen LogP contribution in [0.3, 0.4) is 0 Å². The van der Waals surface area contributed by atoms with Crippen molar-refractivity contribution in [2.45, 2.75) is 181 Å². The minimum atomic E-state index is -0.250.